The Hall–Kier alpha value is -5.16. The van der Waals surface area contributed by atoms with Crippen LogP contribution in [0.2, 0.25) is 5.02 Å². The van der Waals surface area contributed by atoms with E-state index in [0.717, 1.165) is 44.0 Å². The third-order valence-corrected chi connectivity index (χ3v) is 7.00. The third kappa shape index (κ3) is 3.55. The standard InChI is InChI=1S/C32H16ClN4O2/c33-20-16-27-29(34-17-20)28-23(10-6-12-25(28)39-27)32-36-30(18-7-2-1-3-8-18)35-31(37-32)19-13-14-22-21-9-4-5-11-24(21)38-26(22)15-19/h2-17H/q+1. The van der Waals surface area contributed by atoms with E-state index in [1.807, 2.05) is 72.8 Å². The van der Waals surface area contributed by atoms with Crippen LogP contribution in [0.5, 0.6) is 0 Å². The molecule has 0 unspecified atom stereocenters. The van der Waals surface area contributed by atoms with Gasteiger partial charge in [-0.05, 0) is 24.3 Å². The molecular weight excluding hydrogens is 508 g/mol. The lowest BCUT2D eigenvalue weighted by atomic mass is 10.1. The molecule has 7 heteroatoms. The summed E-state index contributed by atoms with van der Waals surface area (Å²) >= 11 is 6.18. The number of rotatable bonds is 3. The van der Waals surface area contributed by atoms with Crippen LogP contribution < -0.4 is 0 Å². The zero-order valence-electron chi connectivity index (χ0n) is 20.2. The van der Waals surface area contributed by atoms with Gasteiger partial charge in [-0.3, -0.25) is 4.98 Å². The number of halogens is 1. The maximum Gasteiger partial charge on any atom is 0.190 e. The van der Waals surface area contributed by atoms with Crippen LogP contribution in [0, 0.1) is 6.08 Å². The van der Waals surface area contributed by atoms with Gasteiger partial charge < -0.3 is 8.83 Å². The van der Waals surface area contributed by atoms with Gasteiger partial charge in [0, 0.05) is 40.2 Å². The first-order chi connectivity index (χ1) is 19.2. The summed E-state index contributed by atoms with van der Waals surface area (Å²) in [5, 5.41) is 3.45. The number of fused-ring (bicyclic) bond motifs is 6. The monoisotopic (exact) mass is 523 g/mol. The van der Waals surface area contributed by atoms with Crippen molar-refractivity contribution in [3.8, 4) is 22.8 Å². The van der Waals surface area contributed by atoms with E-state index < -0.39 is 0 Å². The van der Waals surface area contributed by atoms with Crippen LogP contribution in [0.3, 0.4) is 0 Å². The van der Waals surface area contributed by atoms with Gasteiger partial charge in [-0.1, -0.05) is 48.0 Å². The lowest BCUT2D eigenvalue weighted by molar-refractivity contribution is 0.668. The van der Waals surface area contributed by atoms with E-state index in [1.165, 1.54) is 0 Å². The maximum absolute atomic E-state index is 6.18. The van der Waals surface area contributed by atoms with Crippen molar-refractivity contribution in [1.29, 1.82) is 0 Å². The lowest BCUT2D eigenvalue weighted by Gasteiger charge is -2.08. The van der Waals surface area contributed by atoms with Gasteiger partial charge in [-0.15, -0.1) is 0 Å². The van der Waals surface area contributed by atoms with Crippen LogP contribution in [0.25, 0.3) is 72.4 Å². The largest absolute Gasteiger partial charge is 0.456 e. The topological polar surface area (TPSA) is 77.8 Å². The highest BCUT2D eigenvalue weighted by atomic mass is 35.5. The fourth-order valence-electron chi connectivity index (χ4n) is 5.01. The third-order valence-electron chi connectivity index (χ3n) is 6.79. The predicted molar refractivity (Wildman–Crippen MR) is 153 cm³/mol. The van der Waals surface area contributed by atoms with Crippen molar-refractivity contribution < 1.29 is 8.83 Å². The first kappa shape index (κ1) is 21.9. The Kier molecular flexibility index (Phi) is 4.73. The van der Waals surface area contributed by atoms with E-state index in [4.69, 9.17) is 35.4 Å². The fourth-order valence-corrected chi connectivity index (χ4v) is 5.15. The number of benzene rings is 3. The number of hydrogen-bond acceptors (Lipinski definition) is 6. The molecular formula is C32H16ClN4O2+. The van der Waals surface area contributed by atoms with Crippen LogP contribution in [-0.2, 0) is 0 Å². The molecule has 1 aliphatic carbocycles. The highest BCUT2D eigenvalue weighted by Gasteiger charge is 2.20. The first-order valence-electron chi connectivity index (χ1n) is 12.3. The summed E-state index contributed by atoms with van der Waals surface area (Å²) in [6.07, 6.45) is 12.2. The molecule has 4 heterocycles. The van der Waals surface area contributed by atoms with Crippen molar-refractivity contribution in [3.63, 3.8) is 0 Å². The van der Waals surface area contributed by atoms with Gasteiger partial charge >= 0.3 is 0 Å². The van der Waals surface area contributed by atoms with Gasteiger partial charge in [0.1, 0.15) is 40.0 Å². The minimum Gasteiger partial charge on any atom is -0.456 e. The normalized spacial score (nSPS) is 13.0. The molecule has 0 atom stereocenters. The summed E-state index contributed by atoms with van der Waals surface area (Å²) in [4.78, 5) is 19.3. The maximum atomic E-state index is 6.18. The summed E-state index contributed by atoms with van der Waals surface area (Å²) in [5.41, 5.74) is 6.07. The molecule has 3 aromatic carbocycles. The highest BCUT2D eigenvalue weighted by Crippen LogP contribution is 2.37. The number of furan rings is 2. The molecule has 6 nitrogen and oxygen atoms in total. The summed E-state index contributed by atoms with van der Waals surface area (Å²) in [6, 6.07) is 21.6. The number of allylic oxidation sites excluding steroid dienone is 6. The quantitative estimate of drug-likeness (QED) is 0.216. The van der Waals surface area contributed by atoms with Crippen LogP contribution in [0.15, 0.2) is 106 Å². The minimum atomic E-state index is 0.509. The van der Waals surface area contributed by atoms with Gasteiger partial charge in [-0.25, -0.2) is 15.0 Å². The molecule has 39 heavy (non-hydrogen) atoms. The smallest absolute Gasteiger partial charge is 0.190 e. The molecule has 0 N–H and O–H groups in total. The molecule has 8 rings (SSSR count). The minimum absolute atomic E-state index is 0.509. The molecule has 182 valence electrons. The molecule has 4 aromatic heterocycles. The zero-order valence-corrected chi connectivity index (χ0v) is 21.0. The van der Waals surface area contributed by atoms with Gasteiger partial charge in [0.15, 0.2) is 23.1 Å². The van der Waals surface area contributed by atoms with E-state index in [-0.39, 0.29) is 0 Å². The Labute approximate surface area is 226 Å². The molecule has 0 saturated heterocycles. The Morgan fingerprint density at radius 3 is 2.46 bits per heavy atom. The Morgan fingerprint density at radius 2 is 1.54 bits per heavy atom. The average molecular weight is 524 g/mol. The predicted octanol–water partition coefficient (Wildman–Crippen LogP) is 8.37. The molecule has 0 radical (unpaired) electrons. The van der Waals surface area contributed by atoms with Crippen LogP contribution in [0.4, 0.5) is 0 Å². The van der Waals surface area contributed by atoms with Gasteiger partial charge in [0.2, 0.25) is 0 Å². The Bertz CT molecular complexity index is 2200. The van der Waals surface area contributed by atoms with Crippen molar-refractivity contribution >= 4 is 61.2 Å². The van der Waals surface area contributed by atoms with Gasteiger partial charge in [0.05, 0.1) is 22.6 Å². The van der Waals surface area contributed by atoms with Crippen molar-refractivity contribution in [3.05, 3.63) is 114 Å². The number of pyridine rings is 1. The molecule has 0 amide bonds. The molecule has 0 spiro atoms. The zero-order chi connectivity index (χ0) is 25.9. The fraction of sp³-hybridized carbons (Fsp3) is 0. The first-order valence-corrected chi connectivity index (χ1v) is 12.7. The van der Waals surface area contributed by atoms with Gasteiger partial charge in [0.25, 0.3) is 0 Å². The number of nitrogens with zero attached hydrogens (tertiary/aromatic N) is 4. The summed E-state index contributed by atoms with van der Waals surface area (Å²) in [5.74, 6) is 1.60. The number of aromatic nitrogens is 4. The Balaban J connectivity index is 1.38. The molecule has 0 aliphatic heterocycles. The van der Waals surface area contributed by atoms with Crippen LogP contribution in [0.1, 0.15) is 5.82 Å². The van der Waals surface area contributed by atoms with Crippen molar-refractivity contribution in [2.75, 3.05) is 0 Å². The summed E-state index contributed by atoms with van der Waals surface area (Å²) in [6.45, 7) is 0. The van der Waals surface area contributed by atoms with E-state index in [1.54, 1.807) is 12.3 Å². The summed E-state index contributed by atoms with van der Waals surface area (Å²) < 4.78 is 12.2. The Morgan fingerprint density at radius 1 is 0.718 bits per heavy atom. The lowest BCUT2D eigenvalue weighted by Crippen LogP contribution is -2.03. The van der Waals surface area contributed by atoms with E-state index in [0.29, 0.717) is 39.2 Å². The van der Waals surface area contributed by atoms with Crippen molar-refractivity contribution in [2.24, 2.45) is 0 Å². The average Bonchev–Trinajstić information content (AvgIpc) is 3.54. The van der Waals surface area contributed by atoms with Crippen molar-refractivity contribution in [2.45, 2.75) is 0 Å². The molecule has 1 aliphatic rings. The second-order valence-corrected chi connectivity index (χ2v) is 9.62. The number of hydrogen-bond donors (Lipinski definition) is 0. The molecule has 0 fully saturated rings. The molecule has 7 aromatic rings. The SMILES string of the molecule is Clc1cnc2c(c1)oc1cccc(-c3nc(C4=CC=[C+]C=C4)nc(-c4ccc5c(c4)oc4ccccc45)n3)c12. The number of para-hydroxylation sites is 1. The van der Waals surface area contributed by atoms with E-state index >= 15 is 0 Å². The van der Waals surface area contributed by atoms with E-state index in [9.17, 15) is 0 Å². The van der Waals surface area contributed by atoms with Crippen molar-refractivity contribution in [1.82, 2.24) is 19.9 Å². The van der Waals surface area contributed by atoms with Crippen LogP contribution in [-0.4, -0.2) is 19.9 Å². The van der Waals surface area contributed by atoms with Crippen LogP contribution >= 0.6 is 11.6 Å². The molecule has 0 bridgehead atoms. The second-order valence-electron chi connectivity index (χ2n) is 9.19. The van der Waals surface area contributed by atoms with Gasteiger partial charge in [-0.2, -0.15) is 0 Å². The summed E-state index contributed by atoms with van der Waals surface area (Å²) in [7, 11) is 0. The van der Waals surface area contributed by atoms with E-state index in [2.05, 4.69) is 23.2 Å². The highest BCUT2D eigenvalue weighted by molar-refractivity contribution is 6.31. The molecule has 0 saturated carbocycles. The second kappa shape index (κ2) is 8.43.